The maximum atomic E-state index is 4.34. The summed E-state index contributed by atoms with van der Waals surface area (Å²) in [4.78, 5) is 5.75. The minimum Gasteiger partial charge on any atom is -0.305 e. The molecule has 0 amide bonds. The van der Waals surface area contributed by atoms with E-state index in [4.69, 9.17) is 0 Å². The number of rotatable bonds is 5. The lowest BCUT2D eigenvalue weighted by Crippen LogP contribution is -2.19. The van der Waals surface area contributed by atoms with Gasteiger partial charge in [-0.15, -0.1) is 11.3 Å². The molecule has 2 heterocycles. The summed E-state index contributed by atoms with van der Waals surface area (Å²) < 4.78 is 0. The second-order valence-electron chi connectivity index (χ2n) is 4.88. The van der Waals surface area contributed by atoms with Gasteiger partial charge >= 0.3 is 0 Å². The van der Waals surface area contributed by atoms with Crippen LogP contribution in [0.25, 0.3) is 10.8 Å². The summed E-state index contributed by atoms with van der Waals surface area (Å²) in [5.74, 6) is 0. The number of aromatic nitrogens is 1. The van der Waals surface area contributed by atoms with Gasteiger partial charge in [0.15, 0.2) is 0 Å². The monoisotopic (exact) mass is 282 g/mol. The summed E-state index contributed by atoms with van der Waals surface area (Å²) in [5.41, 5.74) is 1.26. The number of nitrogens with zero attached hydrogens (tertiary/aromatic N) is 1. The predicted octanol–water partition coefficient (Wildman–Crippen LogP) is 4.54. The first kappa shape index (κ1) is 13.3. The fourth-order valence-electron chi connectivity index (χ4n) is 2.49. The molecule has 0 aliphatic carbocycles. The third kappa shape index (κ3) is 2.74. The van der Waals surface area contributed by atoms with Crippen LogP contribution in [0, 0.1) is 0 Å². The van der Waals surface area contributed by atoms with E-state index in [-0.39, 0.29) is 0 Å². The second kappa shape index (κ2) is 6.16. The van der Waals surface area contributed by atoms with Crippen molar-refractivity contribution in [2.24, 2.45) is 0 Å². The van der Waals surface area contributed by atoms with Gasteiger partial charge in [-0.2, -0.15) is 0 Å². The minimum atomic E-state index is 0.425. The first-order chi connectivity index (χ1) is 9.88. The molecule has 1 aromatic carbocycles. The Morgan fingerprint density at radius 2 is 2.05 bits per heavy atom. The third-order valence-electron chi connectivity index (χ3n) is 3.58. The summed E-state index contributed by atoms with van der Waals surface area (Å²) >= 11 is 1.82. The smallest absolute Gasteiger partial charge is 0.0414 e. The molecule has 0 aliphatic heterocycles. The van der Waals surface area contributed by atoms with Gasteiger partial charge in [0.05, 0.1) is 0 Å². The molecule has 0 saturated heterocycles. The van der Waals surface area contributed by atoms with Crippen molar-refractivity contribution in [2.75, 3.05) is 0 Å². The van der Waals surface area contributed by atoms with Crippen molar-refractivity contribution < 1.29 is 0 Å². The molecular formula is C17H18N2S. The summed E-state index contributed by atoms with van der Waals surface area (Å²) in [6, 6.07) is 13.2. The highest BCUT2D eigenvalue weighted by molar-refractivity contribution is 7.10. The molecule has 1 unspecified atom stereocenters. The van der Waals surface area contributed by atoms with Crippen LogP contribution >= 0.6 is 11.3 Å². The van der Waals surface area contributed by atoms with Gasteiger partial charge in [0.2, 0.25) is 0 Å². The number of pyridine rings is 1. The molecule has 2 nitrogen and oxygen atoms in total. The Labute approximate surface area is 123 Å². The molecule has 102 valence electrons. The summed E-state index contributed by atoms with van der Waals surface area (Å²) in [6.07, 6.45) is 4.99. The van der Waals surface area contributed by atoms with E-state index < -0.39 is 0 Å². The fraction of sp³-hybridized carbons (Fsp3) is 0.235. The van der Waals surface area contributed by atoms with Crippen molar-refractivity contribution in [2.45, 2.75) is 25.9 Å². The van der Waals surface area contributed by atoms with Crippen LogP contribution in [0.3, 0.4) is 0 Å². The van der Waals surface area contributed by atoms with E-state index in [9.17, 15) is 0 Å². The van der Waals surface area contributed by atoms with Crippen molar-refractivity contribution >= 4 is 22.1 Å². The summed E-state index contributed by atoms with van der Waals surface area (Å²) in [7, 11) is 0. The van der Waals surface area contributed by atoms with Gasteiger partial charge in [0.25, 0.3) is 0 Å². The zero-order valence-electron chi connectivity index (χ0n) is 11.5. The Morgan fingerprint density at radius 3 is 2.85 bits per heavy atom. The molecule has 3 aromatic rings. The van der Waals surface area contributed by atoms with Gasteiger partial charge in [-0.25, -0.2) is 0 Å². The number of nitrogens with one attached hydrogen (secondary N) is 1. The number of hydrogen-bond acceptors (Lipinski definition) is 3. The molecule has 0 aliphatic rings. The lowest BCUT2D eigenvalue weighted by Gasteiger charge is -2.16. The van der Waals surface area contributed by atoms with Crippen LogP contribution in [0.15, 0.2) is 54.2 Å². The fourth-order valence-corrected chi connectivity index (χ4v) is 3.37. The maximum Gasteiger partial charge on any atom is 0.0414 e. The number of benzene rings is 1. The molecule has 2 aromatic heterocycles. The van der Waals surface area contributed by atoms with Crippen molar-refractivity contribution in [1.82, 2.24) is 10.3 Å². The van der Waals surface area contributed by atoms with E-state index in [1.54, 1.807) is 0 Å². The molecule has 0 radical (unpaired) electrons. The van der Waals surface area contributed by atoms with Gasteiger partial charge < -0.3 is 5.32 Å². The molecule has 1 atom stereocenters. The summed E-state index contributed by atoms with van der Waals surface area (Å²) in [6.45, 7) is 3.07. The minimum absolute atomic E-state index is 0.425. The van der Waals surface area contributed by atoms with Gasteiger partial charge in [-0.3, -0.25) is 4.98 Å². The molecular weight excluding hydrogens is 264 g/mol. The van der Waals surface area contributed by atoms with Crippen LogP contribution in [0.2, 0.25) is 0 Å². The molecule has 1 N–H and O–H groups in total. The lowest BCUT2D eigenvalue weighted by molar-refractivity contribution is 0.527. The topological polar surface area (TPSA) is 24.9 Å². The zero-order chi connectivity index (χ0) is 13.8. The van der Waals surface area contributed by atoms with Crippen LogP contribution in [0.4, 0.5) is 0 Å². The highest BCUT2D eigenvalue weighted by atomic mass is 32.1. The average Bonchev–Trinajstić information content (AvgIpc) is 3.02. The van der Waals surface area contributed by atoms with Gasteiger partial charge in [-0.05, 0) is 28.8 Å². The molecule has 0 saturated carbocycles. The molecule has 0 fully saturated rings. The highest BCUT2D eigenvalue weighted by Crippen LogP contribution is 2.23. The standard InChI is InChI=1S/C17H18N2S/c1-2-16(17-8-5-9-20-17)19-12-14-11-18-10-13-6-3-4-7-15(13)14/h3-11,16,19H,2,12H2,1H3. The predicted molar refractivity (Wildman–Crippen MR) is 85.9 cm³/mol. The van der Waals surface area contributed by atoms with Crippen LogP contribution in [-0.4, -0.2) is 4.98 Å². The van der Waals surface area contributed by atoms with Crippen molar-refractivity contribution in [3.63, 3.8) is 0 Å². The normalized spacial score (nSPS) is 12.7. The van der Waals surface area contributed by atoms with Crippen LogP contribution < -0.4 is 5.32 Å². The first-order valence-electron chi connectivity index (χ1n) is 6.97. The van der Waals surface area contributed by atoms with Gasteiger partial charge in [0, 0.05) is 35.2 Å². The van der Waals surface area contributed by atoms with Crippen molar-refractivity contribution in [1.29, 1.82) is 0 Å². The van der Waals surface area contributed by atoms with E-state index in [0.29, 0.717) is 6.04 Å². The van der Waals surface area contributed by atoms with Gasteiger partial charge in [-0.1, -0.05) is 37.3 Å². The van der Waals surface area contributed by atoms with Gasteiger partial charge in [0.1, 0.15) is 0 Å². The molecule has 3 heteroatoms. The van der Waals surface area contributed by atoms with E-state index in [2.05, 4.69) is 59.0 Å². The van der Waals surface area contributed by atoms with E-state index in [1.807, 2.05) is 23.7 Å². The van der Waals surface area contributed by atoms with E-state index >= 15 is 0 Å². The molecule has 3 rings (SSSR count). The van der Waals surface area contributed by atoms with Crippen LogP contribution in [0.5, 0.6) is 0 Å². The SMILES string of the molecule is CCC(NCc1cncc2ccccc12)c1cccs1. The second-order valence-corrected chi connectivity index (χ2v) is 5.86. The third-order valence-corrected chi connectivity index (χ3v) is 4.57. The van der Waals surface area contributed by atoms with E-state index in [0.717, 1.165) is 13.0 Å². The Hall–Kier alpha value is -1.71. The average molecular weight is 282 g/mol. The van der Waals surface area contributed by atoms with Crippen molar-refractivity contribution in [3.8, 4) is 0 Å². The Balaban J connectivity index is 1.80. The number of hydrogen-bond donors (Lipinski definition) is 1. The quantitative estimate of drug-likeness (QED) is 0.743. The number of fused-ring (bicyclic) bond motifs is 1. The van der Waals surface area contributed by atoms with Crippen molar-refractivity contribution in [3.05, 3.63) is 64.6 Å². The Bertz CT molecular complexity index is 671. The Kier molecular flexibility index (Phi) is 4.09. The van der Waals surface area contributed by atoms with E-state index in [1.165, 1.54) is 21.2 Å². The Morgan fingerprint density at radius 1 is 1.15 bits per heavy atom. The summed E-state index contributed by atoms with van der Waals surface area (Å²) in [5, 5.41) is 8.28. The zero-order valence-corrected chi connectivity index (χ0v) is 12.4. The molecule has 0 spiro atoms. The number of thiophene rings is 1. The van der Waals surface area contributed by atoms with Crippen LogP contribution in [-0.2, 0) is 6.54 Å². The largest absolute Gasteiger partial charge is 0.305 e. The maximum absolute atomic E-state index is 4.34. The highest BCUT2D eigenvalue weighted by Gasteiger charge is 2.10. The molecule has 20 heavy (non-hydrogen) atoms. The molecule has 0 bridgehead atoms. The first-order valence-corrected chi connectivity index (χ1v) is 7.85. The lowest BCUT2D eigenvalue weighted by atomic mass is 10.1. The van der Waals surface area contributed by atoms with Crippen LogP contribution in [0.1, 0.15) is 29.8 Å².